The lowest BCUT2D eigenvalue weighted by Crippen LogP contribution is -2.39. The molecule has 0 atom stereocenters. The van der Waals surface area contributed by atoms with Gasteiger partial charge in [-0.05, 0) is 29.9 Å². The van der Waals surface area contributed by atoms with Crippen molar-refractivity contribution in [1.82, 2.24) is 10.2 Å². The van der Waals surface area contributed by atoms with Crippen LogP contribution in [0.15, 0.2) is 53.5 Å². The van der Waals surface area contributed by atoms with Crippen LogP contribution in [0.1, 0.15) is 11.1 Å². The number of nitro benzene ring substituents is 2. The predicted octanol–water partition coefficient (Wildman–Crippen LogP) is 2.89. The number of amidine groups is 1. The molecule has 0 unspecified atom stereocenters. The molecule has 9 nitrogen and oxygen atoms in total. The molecule has 0 fully saturated rings. The fourth-order valence-electron chi connectivity index (χ4n) is 2.05. The Morgan fingerprint density at radius 3 is 1.93 bits per heavy atom. The Labute approximate surface area is 160 Å². The number of aliphatic imine (C=N–C) groups is 1. The van der Waals surface area contributed by atoms with Crippen molar-refractivity contribution >= 4 is 34.5 Å². The number of non-ortho nitro benzene ring substituents is 2. The van der Waals surface area contributed by atoms with Crippen molar-refractivity contribution < 1.29 is 9.85 Å². The van der Waals surface area contributed by atoms with Gasteiger partial charge in [-0.2, -0.15) is 0 Å². The zero-order chi connectivity index (χ0) is 20.0. The molecule has 0 aliphatic heterocycles. The summed E-state index contributed by atoms with van der Waals surface area (Å²) in [6, 6.07) is 12.0. The first-order valence-electron chi connectivity index (χ1n) is 7.79. The number of rotatable bonds is 5. The van der Waals surface area contributed by atoms with Crippen LogP contribution in [0.3, 0.4) is 0 Å². The average Bonchev–Trinajstić information content (AvgIpc) is 2.65. The maximum absolute atomic E-state index is 10.8. The van der Waals surface area contributed by atoms with E-state index in [0.29, 0.717) is 16.5 Å². The summed E-state index contributed by atoms with van der Waals surface area (Å²) < 4.78 is 0. The predicted molar refractivity (Wildman–Crippen MR) is 106 cm³/mol. The van der Waals surface area contributed by atoms with Crippen molar-refractivity contribution in [3.05, 3.63) is 79.9 Å². The van der Waals surface area contributed by atoms with Crippen molar-refractivity contribution in [2.24, 2.45) is 4.99 Å². The third kappa shape index (κ3) is 5.54. The number of nitrogens with zero attached hydrogens (tertiary/aromatic N) is 4. The molecule has 2 aromatic rings. The third-order valence-electron chi connectivity index (χ3n) is 3.55. The van der Waals surface area contributed by atoms with E-state index < -0.39 is 9.85 Å². The molecule has 0 aliphatic carbocycles. The molecular weight excluding hydrogens is 370 g/mol. The lowest BCUT2D eigenvalue weighted by atomic mass is 10.1. The monoisotopic (exact) mass is 387 g/mol. The molecule has 0 saturated heterocycles. The molecule has 0 amide bonds. The lowest BCUT2D eigenvalue weighted by Gasteiger charge is -2.17. The quantitative estimate of drug-likeness (QED) is 0.276. The van der Waals surface area contributed by atoms with Crippen LogP contribution in [0, 0.1) is 20.2 Å². The topological polar surface area (TPSA) is 114 Å². The standard InChI is InChI=1S/C17H17N5O4S/c1-20(2)17(27)19-16(13-5-9-15(10-6-13)22(25)26)18-11-12-3-7-14(8-4-12)21(23)24/h3-10H,11H2,1-2H3,(H,18,19,27). The summed E-state index contributed by atoms with van der Waals surface area (Å²) in [5.41, 5.74) is 1.39. The molecule has 140 valence electrons. The van der Waals surface area contributed by atoms with E-state index in [2.05, 4.69) is 10.3 Å². The van der Waals surface area contributed by atoms with E-state index in [0.717, 1.165) is 5.56 Å². The third-order valence-corrected chi connectivity index (χ3v) is 4.02. The molecule has 2 aromatic carbocycles. The van der Waals surface area contributed by atoms with Gasteiger partial charge in [0.2, 0.25) is 0 Å². The van der Waals surface area contributed by atoms with E-state index >= 15 is 0 Å². The second-order valence-electron chi connectivity index (χ2n) is 5.72. The highest BCUT2D eigenvalue weighted by molar-refractivity contribution is 7.80. The van der Waals surface area contributed by atoms with Crippen LogP contribution in [0.4, 0.5) is 11.4 Å². The highest BCUT2D eigenvalue weighted by Crippen LogP contribution is 2.15. The number of hydrogen-bond acceptors (Lipinski definition) is 6. The second-order valence-corrected chi connectivity index (χ2v) is 6.10. The number of benzene rings is 2. The van der Waals surface area contributed by atoms with Gasteiger partial charge in [0.1, 0.15) is 5.84 Å². The highest BCUT2D eigenvalue weighted by atomic mass is 32.1. The maximum Gasteiger partial charge on any atom is 0.269 e. The van der Waals surface area contributed by atoms with Gasteiger partial charge in [0, 0.05) is 43.9 Å². The average molecular weight is 387 g/mol. The summed E-state index contributed by atoms with van der Waals surface area (Å²) in [4.78, 5) is 26.8. The summed E-state index contributed by atoms with van der Waals surface area (Å²) in [5, 5.41) is 25.0. The Morgan fingerprint density at radius 2 is 1.48 bits per heavy atom. The fraction of sp³-hybridized carbons (Fsp3) is 0.176. The van der Waals surface area contributed by atoms with E-state index in [1.807, 2.05) is 0 Å². The summed E-state index contributed by atoms with van der Waals surface area (Å²) in [6.07, 6.45) is 0. The van der Waals surface area contributed by atoms with Crippen molar-refractivity contribution in [2.45, 2.75) is 6.54 Å². The minimum absolute atomic E-state index is 0.00484. The van der Waals surface area contributed by atoms with Crippen molar-refractivity contribution in [3.63, 3.8) is 0 Å². The summed E-state index contributed by atoms with van der Waals surface area (Å²) in [6.45, 7) is 0.257. The Bertz CT molecular complexity index is 879. The van der Waals surface area contributed by atoms with E-state index in [9.17, 15) is 20.2 Å². The SMILES string of the molecule is CN(C)C(=S)NC(=NCc1ccc([N+](=O)[O-])cc1)c1ccc([N+](=O)[O-])cc1. The Balaban J connectivity index is 2.27. The van der Waals surface area contributed by atoms with Gasteiger partial charge < -0.3 is 10.2 Å². The van der Waals surface area contributed by atoms with Gasteiger partial charge in [-0.15, -0.1) is 0 Å². The molecule has 0 bridgehead atoms. The molecule has 0 spiro atoms. The molecule has 0 radical (unpaired) electrons. The number of nitrogens with one attached hydrogen (secondary N) is 1. The van der Waals surface area contributed by atoms with Crippen molar-refractivity contribution in [1.29, 1.82) is 0 Å². The van der Waals surface area contributed by atoms with Crippen molar-refractivity contribution in [3.8, 4) is 0 Å². The van der Waals surface area contributed by atoms with Gasteiger partial charge in [0.25, 0.3) is 11.4 Å². The molecule has 0 heterocycles. The number of nitro groups is 2. The van der Waals surface area contributed by atoms with Gasteiger partial charge in [0.15, 0.2) is 5.11 Å². The molecule has 0 aromatic heterocycles. The lowest BCUT2D eigenvalue weighted by molar-refractivity contribution is -0.385. The van der Waals surface area contributed by atoms with Gasteiger partial charge in [-0.3, -0.25) is 25.2 Å². The zero-order valence-corrected chi connectivity index (χ0v) is 15.5. The van der Waals surface area contributed by atoms with Gasteiger partial charge in [-0.25, -0.2) is 0 Å². The number of hydrogen-bond donors (Lipinski definition) is 1. The second kappa shape index (κ2) is 8.81. The van der Waals surface area contributed by atoms with Gasteiger partial charge in [-0.1, -0.05) is 12.1 Å². The normalized spacial score (nSPS) is 11.0. The van der Waals surface area contributed by atoms with Gasteiger partial charge >= 0.3 is 0 Å². The fourth-order valence-corrected chi connectivity index (χ4v) is 2.15. The van der Waals surface area contributed by atoms with Crippen LogP contribution < -0.4 is 5.32 Å². The van der Waals surface area contributed by atoms with E-state index in [4.69, 9.17) is 12.2 Å². The largest absolute Gasteiger partial charge is 0.355 e. The first-order chi connectivity index (χ1) is 12.8. The van der Waals surface area contributed by atoms with E-state index in [1.54, 1.807) is 43.3 Å². The summed E-state index contributed by atoms with van der Waals surface area (Å²) in [5.74, 6) is 0.446. The molecule has 27 heavy (non-hydrogen) atoms. The molecule has 0 saturated carbocycles. The Morgan fingerprint density at radius 1 is 1.00 bits per heavy atom. The highest BCUT2D eigenvalue weighted by Gasteiger charge is 2.11. The first-order valence-corrected chi connectivity index (χ1v) is 8.19. The molecule has 0 aliphatic rings. The Hall–Kier alpha value is -3.40. The maximum atomic E-state index is 10.8. The summed E-state index contributed by atoms with van der Waals surface area (Å²) in [7, 11) is 3.55. The smallest absolute Gasteiger partial charge is 0.269 e. The van der Waals surface area contributed by atoms with Crippen LogP contribution in [-0.4, -0.2) is 39.8 Å². The molecular formula is C17H17N5O4S. The van der Waals surface area contributed by atoms with Crippen LogP contribution >= 0.6 is 12.2 Å². The van der Waals surface area contributed by atoms with Gasteiger partial charge in [0.05, 0.1) is 16.4 Å². The van der Waals surface area contributed by atoms with E-state index in [1.165, 1.54) is 24.3 Å². The van der Waals surface area contributed by atoms with Crippen LogP contribution in [0.25, 0.3) is 0 Å². The number of thiocarbonyl (C=S) groups is 1. The zero-order valence-electron chi connectivity index (χ0n) is 14.7. The van der Waals surface area contributed by atoms with Crippen molar-refractivity contribution in [2.75, 3.05) is 14.1 Å². The molecule has 1 N–H and O–H groups in total. The first kappa shape index (κ1) is 19.9. The van der Waals surface area contributed by atoms with E-state index in [-0.39, 0.29) is 17.9 Å². The minimum atomic E-state index is -0.477. The molecule has 2 rings (SSSR count). The van der Waals surface area contributed by atoms with Crippen LogP contribution in [-0.2, 0) is 6.54 Å². The van der Waals surface area contributed by atoms with Crippen LogP contribution in [0.2, 0.25) is 0 Å². The minimum Gasteiger partial charge on any atom is -0.355 e. The Kier molecular flexibility index (Phi) is 6.50. The molecule has 10 heteroatoms. The van der Waals surface area contributed by atoms with Crippen LogP contribution in [0.5, 0.6) is 0 Å². The summed E-state index contributed by atoms with van der Waals surface area (Å²) >= 11 is 5.25.